The van der Waals surface area contributed by atoms with Crippen LogP contribution in [0.3, 0.4) is 0 Å². The van der Waals surface area contributed by atoms with E-state index in [0.717, 1.165) is 6.42 Å². The normalized spacial score (nSPS) is 10.5. The maximum absolute atomic E-state index is 12.2. The predicted molar refractivity (Wildman–Crippen MR) is 71.0 cm³/mol. The predicted octanol–water partition coefficient (Wildman–Crippen LogP) is 0.0436. The number of rotatable bonds is 5. The summed E-state index contributed by atoms with van der Waals surface area (Å²) in [7, 11) is 1.64. The Morgan fingerprint density at radius 2 is 2.25 bits per heavy atom. The third-order valence-electron chi connectivity index (χ3n) is 2.72. The number of hydrogen-bond donors (Lipinski definition) is 1. The van der Waals surface area contributed by atoms with Gasteiger partial charge in [0.25, 0.3) is 11.5 Å². The molecule has 0 saturated heterocycles. The zero-order valence-electron chi connectivity index (χ0n) is 11.4. The van der Waals surface area contributed by atoms with Gasteiger partial charge in [0.2, 0.25) is 0 Å². The van der Waals surface area contributed by atoms with Crippen molar-refractivity contribution in [3.8, 4) is 0 Å². The number of H-pyrrole nitrogens is 1. The summed E-state index contributed by atoms with van der Waals surface area (Å²) in [6, 6.07) is 2.80. The Hall–Kier alpha value is -2.51. The first-order valence-electron chi connectivity index (χ1n) is 6.29. The van der Waals surface area contributed by atoms with Gasteiger partial charge in [0.15, 0.2) is 0 Å². The molecule has 0 spiro atoms. The van der Waals surface area contributed by atoms with Crippen LogP contribution in [0.25, 0.3) is 0 Å². The first kappa shape index (κ1) is 13.9. The first-order chi connectivity index (χ1) is 9.61. The number of nitrogens with one attached hydrogen (secondary N) is 1. The zero-order chi connectivity index (χ0) is 14.5. The van der Waals surface area contributed by atoms with Crippen LogP contribution in [0.1, 0.15) is 29.7 Å². The van der Waals surface area contributed by atoms with E-state index in [4.69, 9.17) is 0 Å². The number of aromatic amines is 1. The zero-order valence-corrected chi connectivity index (χ0v) is 11.4. The van der Waals surface area contributed by atoms with Gasteiger partial charge in [0.1, 0.15) is 17.8 Å². The van der Waals surface area contributed by atoms with Crippen LogP contribution in [0.5, 0.6) is 0 Å². The van der Waals surface area contributed by atoms with E-state index in [1.165, 1.54) is 28.0 Å². The third-order valence-corrected chi connectivity index (χ3v) is 2.72. The molecule has 2 aromatic rings. The molecule has 2 rings (SSSR count). The number of carbonyl (C=O) groups is 1. The number of nitrogens with zero attached hydrogens (tertiary/aromatic N) is 5. The average molecular weight is 276 g/mol. The Kier molecular flexibility index (Phi) is 4.24. The molecule has 0 atom stereocenters. The molecular weight excluding hydrogens is 260 g/mol. The highest BCUT2D eigenvalue weighted by atomic mass is 16.2. The molecule has 0 aliphatic carbocycles. The molecule has 2 aromatic heterocycles. The summed E-state index contributed by atoms with van der Waals surface area (Å²) >= 11 is 0. The number of hydrogen-bond acceptors (Lipinski definition) is 5. The van der Waals surface area contributed by atoms with Crippen LogP contribution in [0.4, 0.5) is 0 Å². The van der Waals surface area contributed by atoms with Gasteiger partial charge in [-0.1, -0.05) is 6.92 Å². The van der Waals surface area contributed by atoms with Gasteiger partial charge >= 0.3 is 0 Å². The molecule has 0 aliphatic rings. The summed E-state index contributed by atoms with van der Waals surface area (Å²) in [5, 5.41) is 10.5. The molecule has 0 fully saturated rings. The van der Waals surface area contributed by atoms with E-state index in [-0.39, 0.29) is 17.2 Å². The SMILES string of the molecule is CCCn1nc(C(=O)N(C)Cc2ncn[nH]2)ccc1=O. The standard InChI is InChI=1S/C12H16N6O2/c1-3-6-18-11(19)5-4-9(16-18)12(20)17(2)7-10-13-8-14-15-10/h4-5,8H,3,6-7H2,1-2H3,(H,13,14,15). The second-order valence-corrected chi connectivity index (χ2v) is 4.37. The lowest BCUT2D eigenvalue weighted by Crippen LogP contribution is -2.31. The average Bonchev–Trinajstić information content (AvgIpc) is 2.93. The lowest BCUT2D eigenvalue weighted by atomic mass is 10.3. The fourth-order valence-corrected chi connectivity index (χ4v) is 1.73. The van der Waals surface area contributed by atoms with Crippen molar-refractivity contribution < 1.29 is 4.79 Å². The summed E-state index contributed by atoms with van der Waals surface area (Å²) in [6.45, 7) is 2.73. The molecular formula is C12H16N6O2. The first-order valence-corrected chi connectivity index (χ1v) is 6.29. The molecule has 1 amide bonds. The minimum Gasteiger partial charge on any atom is -0.333 e. The van der Waals surface area contributed by atoms with Gasteiger partial charge in [-0.3, -0.25) is 14.7 Å². The molecule has 106 valence electrons. The van der Waals surface area contributed by atoms with Crippen molar-refractivity contribution in [3.63, 3.8) is 0 Å². The minimum absolute atomic E-state index is 0.207. The van der Waals surface area contributed by atoms with E-state index in [1.54, 1.807) is 7.05 Å². The highest BCUT2D eigenvalue weighted by Gasteiger charge is 2.15. The van der Waals surface area contributed by atoms with Crippen LogP contribution in [0.2, 0.25) is 0 Å². The topological polar surface area (TPSA) is 96.8 Å². The molecule has 20 heavy (non-hydrogen) atoms. The maximum atomic E-state index is 12.2. The molecule has 0 unspecified atom stereocenters. The van der Waals surface area contributed by atoms with Gasteiger partial charge in [0, 0.05) is 19.7 Å². The van der Waals surface area contributed by atoms with Crippen molar-refractivity contribution >= 4 is 5.91 Å². The van der Waals surface area contributed by atoms with E-state index in [0.29, 0.717) is 18.9 Å². The van der Waals surface area contributed by atoms with Gasteiger partial charge in [0.05, 0.1) is 6.54 Å². The van der Waals surface area contributed by atoms with Crippen LogP contribution >= 0.6 is 0 Å². The summed E-state index contributed by atoms with van der Waals surface area (Å²) in [4.78, 5) is 29.2. The number of carbonyl (C=O) groups excluding carboxylic acids is 1. The van der Waals surface area contributed by atoms with E-state index >= 15 is 0 Å². The Morgan fingerprint density at radius 1 is 1.45 bits per heavy atom. The molecule has 8 nitrogen and oxygen atoms in total. The molecule has 0 saturated carbocycles. The third kappa shape index (κ3) is 3.08. The second-order valence-electron chi connectivity index (χ2n) is 4.37. The monoisotopic (exact) mass is 276 g/mol. The highest BCUT2D eigenvalue weighted by Crippen LogP contribution is 2.01. The summed E-state index contributed by atoms with van der Waals surface area (Å²) in [5.41, 5.74) is 0.0290. The van der Waals surface area contributed by atoms with Crippen molar-refractivity contribution in [1.29, 1.82) is 0 Å². The molecule has 8 heteroatoms. The molecule has 2 heterocycles. The Balaban J connectivity index is 2.16. The Bertz CT molecular complexity index is 634. The summed E-state index contributed by atoms with van der Waals surface area (Å²) < 4.78 is 1.30. The van der Waals surface area contributed by atoms with Crippen molar-refractivity contribution in [3.05, 3.63) is 40.3 Å². The largest absolute Gasteiger partial charge is 0.333 e. The van der Waals surface area contributed by atoms with Crippen LogP contribution in [-0.4, -0.2) is 42.8 Å². The van der Waals surface area contributed by atoms with E-state index < -0.39 is 0 Å². The van der Waals surface area contributed by atoms with Crippen LogP contribution in [0, 0.1) is 0 Å². The van der Waals surface area contributed by atoms with Crippen molar-refractivity contribution in [1.82, 2.24) is 29.9 Å². The minimum atomic E-state index is -0.272. The second kappa shape index (κ2) is 6.09. The Morgan fingerprint density at radius 3 is 2.90 bits per heavy atom. The summed E-state index contributed by atoms with van der Waals surface area (Å²) in [5.74, 6) is 0.314. The van der Waals surface area contributed by atoms with Crippen molar-refractivity contribution in [2.24, 2.45) is 0 Å². The molecule has 0 aromatic carbocycles. The maximum Gasteiger partial charge on any atom is 0.274 e. The molecule has 0 aliphatic heterocycles. The van der Waals surface area contributed by atoms with Gasteiger partial charge < -0.3 is 4.90 Å². The molecule has 0 bridgehead atoms. The van der Waals surface area contributed by atoms with Crippen LogP contribution in [-0.2, 0) is 13.1 Å². The van der Waals surface area contributed by atoms with Crippen molar-refractivity contribution in [2.75, 3.05) is 7.05 Å². The van der Waals surface area contributed by atoms with Crippen LogP contribution < -0.4 is 5.56 Å². The highest BCUT2D eigenvalue weighted by molar-refractivity contribution is 5.91. The van der Waals surface area contributed by atoms with Gasteiger partial charge in [-0.05, 0) is 12.5 Å². The number of amides is 1. The lowest BCUT2D eigenvalue weighted by molar-refractivity contribution is 0.0773. The van der Waals surface area contributed by atoms with Crippen LogP contribution in [0.15, 0.2) is 23.3 Å². The van der Waals surface area contributed by atoms with E-state index in [9.17, 15) is 9.59 Å². The molecule has 0 radical (unpaired) electrons. The van der Waals surface area contributed by atoms with Gasteiger partial charge in [-0.15, -0.1) is 0 Å². The van der Waals surface area contributed by atoms with E-state index in [1.807, 2.05) is 6.92 Å². The quantitative estimate of drug-likeness (QED) is 0.832. The smallest absolute Gasteiger partial charge is 0.274 e. The van der Waals surface area contributed by atoms with Gasteiger partial charge in [-0.2, -0.15) is 10.2 Å². The van der Waals surface area contributed by atoms with E-state index in [2.05, 4.69) is 20.3 Å². The fourth-order valence-electron chi connectivity index (χ4n) is 1.73. The van der Waals surface area contributed by atoms with Crippen molar-refractivity contribution in [2.45, 2.75) is 26.4 Å². The molecule has 1 N–H and O–H groups in total. The lowest BCUT2D eigenvalue weighted by Gasteiger charge is -2.15. The Labute approximate surface area is 115 Å². The number of aryl methyl sites for hydroxylation is 1. The van der Waals surface area contributed by atoms with Gasteiger partial charge in [-0.25, -0.2) is 9.67 Å². The summed E-state index contributed by atoms with van der Waals surface area (Å²) in [6.07, 6.45) is 2.16. The fraction of sp³-hybridized carbons (Fsp3) is 0.417. The number of aromatic nitrogens is 5.